The Morgan fingerprint density at radius 2 is 2.00 bits per heavy atom. The fraction of sp³-hybridized carbons (Fsp3) is 0.294. The van der Waals surface area contributed by atoms with Gasteiger partial charge in [0.25, 0.3) is 0 Å². The molecule has 0 spiro atoms. The molecule has 0 unspecified atom stereocenters. The van der Waals surface area contributed by atoms with Crippen LogP contribution >= 0.6 is 0 Å². The van der Waals surface area contributed by atoms with Gasteiger partial charge < -0.3 is 10.5 Å². The van der Waals surface area contributed by atoms with Crippen LogP contribution in [-0.2, 0) is 6.54 Å². The molecule has 2 nitrogen and oxygen atoms in total. The molecule has 1 aliphatic rings. The van der Waals surface area contributed by atoms with Gasteiger partial charge in [0.05, 0.1) is 6.10 Å². The SMILES string of the molecule is Cc1cc(CN)ccc1-c1cccc(OC2CC2)c1. The van der Waals surface area contributed by atoms with E-state index in [0.29, 0.717) is 12.6 Å². The second-order valence-corrected chi connectivity index (χ2v) is 5.20. The quantitative estimate of drug-likeness (QED) is 0.902. The first-order valence-electron chi connectivity index (χ1n) is 6.83. The lowest BCUT2D eigenvalue weighted by molar-refractivity contribution is 0.303. The van der Waals surface area contributed by atoms with Crippen molar-refractivity contribution in [1.82, 2.24) is 0 Å². The summed E-state index contributed by atoms with van der Waals surface area (Å²) in [4.78, 5) is 0. The van der Waals surface area contributed by atoms with Crippen molar-refractivity contribution in [2.45, 2.75) is 32.4 Å². The zero-order valence-corrected chi connectivity index (χ0v) is 11.2. The van der Waals surface area contributed by atoms with Gasteiger partial charge in [-0.3, -0.25) is 0 Å². The molecular formula is C17H19NO. The average molecular weight is 253 g/mol. The fourth-order valence-corrected chi connectivity index (χ4v) is 2.29. The largest absolute Gasteiger partial charge is 0.490 e. The standard InChI is InChI=1S/C17H19NO/c1-12-9-13(11-18)5-8-17(12)14-3-2-4-16(10-14)19-15-6-7-15/h2-5,8-10,15H,6-7,11,18H2,1H3. The van der Waals surface area contributed by atoms with E-state index in [4.69, 9.17) is 10.5 Å². The third-order valence-corrected chi connectivity index (χ3v) is 3.50. The summed E-state index contributed by atoms with van der Waals surface area (Å²) in [6, 6.07) is 14.7. The molecule has 0 bridgehead atoms. The third-order valence-electron chi connectivity index (χ3n) is 3.50. The zero-order valence-electron chi connectivity index (χ0n) is 11.2. The minimum atomic E-state index is 0.441. The van der Waals surface area contributed by atoms with Gasteiger partial charge in [0.15, 0.2) is 0 Å². The molecule has 98 valence electrons. The summed E-state index contributed by atoms with van der Waals surface area (Å²) in [5.74, 6) is 0.974. The molecule has 1 saturated carbocycles. The molecule has 1 fully saturated rings. The van der Waals surface area contributed by atoms with Gasteiger partial charge in [0.1, 0.15) is 5.75 Å². The van der Waals surface area contributed by atoms with Crippen LogP contribution < -0.4 is 10.5 Å². The van der Waals surface area contributed by atoms with Crippen molar-refractivity contribution in [3.8, 4) is 16.9 Å². The Hall–Kier alpha value is -1.80. The summed E-state index contributed by atoms with van der Waals surface area (Å²) < 4.78 is 5.85. The number of benzene rings is 2. The van der Waals surface area contributed by atoms with Crippen LogP contribution in [-0.4, -0.2) is 6.10 Å². The summed E-state index contributed by atoms with van der Waals surface area (Å²) >= 11 is 0. The highest BCUT2D eigenvalue weighted by atomic mass is 16.5. The van der Waals surface area contributed by atoms with Gasteiger partial charge in [-0.1, -0.05) is 30.3 Å². The van der Waals surface area contributed by atoms with Gasteiger partial charge in [-0.25, -0.2) is 0 Å². The average Bonchev–Trinajstić information content (AvgIpc) is 3.23. The highest BCUT2D eigenvalue weighted by Gasteiger charge is 2.23. The van der Waals surface area contributed by atoms with Gasteiger partial charge in [-0.15, -0.1) is 0 Å². The molecule has 2 N–H and O–H groups in total. The summed E-state index contributed by atoms with van der Waals surface area (Å²) in [6.45, 7) is 2.72. The van der Waals surface area contributed by atoms with Crippen LogP contribution in [0.4, 0.5) is 0 Å². The van der Waals surface area contributed by atoms with E-state index >= 15 is 0 Å². The second kappa shape index (κ2) is 5.06. The molecule has 2 aromatic carbocycles. The molecule has 2 aromatic rings. The summed E-state index contributed by atoms with van der Waals surface area (Å²) in [6.07, 6.45) is 2.82. The molecule has 0 heterocycles. The molecular weight excluding hydrogens is 234 g/mol. The molecule has 0 aromatic heterocycles. The first-order chi connectivity index (χ1) is 9.26. The molecule has 0 aliphatic heterocycles. The Morgan fingerprint density at radius 3 is 2.68 bits per heavy atom. The van der Waals surface area contributed by atoms with E-state index < -0.39 is 0 Å². The molecule has 0 amide bonds. The lowest BCUT2D eigenvalue weighted by atomic mass is 9.98. The van der Waals surface area contributed by atoms with E-state index in [2.05, 4.69) is 43.3 Å². The summed E-state index contributed by atoms with van der Waals surface area (Å²) in [5, 5.41) is 0. The number of nitrogens with two attached hydrogens (primary N) is 1. The van der Waals surface area contributed by atoms with Crippen molar-refractivity contribution in [3.05, 3.63) is 53.6 Å². The van der Waals surface area contributed by atoms with E-state index in [9.17, 15) is 0 Å². The maximum Gasteiger partial charge on any atom is 0.120 e. The molecule has 0 atom stereocenters. The molecule has 3 rings (SSSR count). The predicted octanol–water partition coefficient (Wildman–Crippen LogP) is 3.66. The number of aryl methyl sites for hydroxylation is 1. The van der Waals surface area contributed by atoms with Crippen molar-refractivity contribution in [2.75, 3.05) is 0 Å². The van der Waals surface area contributed by atoms with Crippen molar-refractivity contribution in [1.29, 1.82) is 0 Å². The van der Waals surface area contributed by atoms with Crippen LogP contribution in [0.1, 0.15) is 24.0 Å². The number of hydrogen-bond donors (Lipinski definition) is 1. The van der Waals surface area contributed by atoms with Crippen molar-refractivity contribution in [3.63, 3.8) is 0 Å². The van der Waals surface area contributed by atoms with Crippen LogP contribution in [0.15, 0.2) is 42.5 Å². The number of ether oxygens (including phenoxy) is 1. The number of rotatable bonds is 4. The smallest absolute Gasteiger partial charge is 0.120 e. The fourth-order valence-electron chi connectivity index (χ4n) is 2.29. The van der Waals surface area contributed by atoms with Gasteiger partial charge >= 0.3 is 0 Å². The van der Waals surface area contributed by atoms with Crippen LogP contribution in [0.5, 0.6) is 5.75 Å². The van der Waals surface area contributed by atoms with Crippen LogP contribution in [0.3, 0.4) is 0 Å². The minimum absolute atomic E-state index is 0.441. The van der Waals surface area contributed by atoms with Crippen LogP contribution in [0.25, 0.3) is 11.1 Å². The minimum Gasteiger partial charge on any atom is -0.490 e. The summed E-state index contributed by atoms with van der Waals surface area (Å²) in [7, 11) is 0. The van der Waals surface area contributed by atoms with Crippen LogP contribution in [0.2, 0.25) is 0 Å². The van der Waals surface area contributed by atoms with Gasteiger partial charge in [0.2, 0.25) is 0 Å². The lowest BCUT2D eigenvalue weighted by Gasteiger charge is -2.10. The molecule has 19 heavy (non-hydrogen) atoms. The molecule has 2 heteroatoms. The van der Waals surface area contributed by atoms with E-state index in [1.165, 1.54) is 35.1 Å². The monoisotopic (exact) mass is 253 g/mol. The first-order valence-corrected chi connectivity index (χ1v) is 6.83. The third kappa shape index (κ3) is 2.79. The Balaban J connectivity index is 1.92. The topological polar surface area (TPSA) is 35.2 Å². The van der Waals surface area contributed by atoms with Crippen molar-refractivity contribution in [2.24, 2.45) is 5.73 Å². The van der Waals surface area contributed by atoms with Crippen molar-refractivity contribution >= 4 is 0 Å². The van der Waals surface area contributed by atoms with E-state index in [0.717, 1.165) is 5.75 Å². The maximum atomic E-state index is 5.85. The first kappa shape index (κ1) is 12.2. The number of hydrogen-bond acceptors (Lipinski definition) is 2. The highest BCUT2D eigenvalue weighted by molar-refractivity contribution is 5.68. The normalized spacial score (nSPS) is 14.4. The zero-order chi connectivity index (χ0) is 13.2. The van der Waals surface area contributed by atoms with Gasteiger partial charge in [0, 0.05) is 6.54 Å². The van der Waals surface area contributed by atoms with Crippen molar-refractivity contribution < 1.29 is 4.74 Å². The predicted molar refractivity (Wildman–Crippen MR) is 78.2 cm³/mol. The second-order valence-electron chi connectivity index (χ2n) is 5.20. The molecule has 1 aliphatic carbocycles. The van der Waals surface area contributed by atoms with Gasteiger partial charge in [-0.2, -0.15) is 0 Å². The van der Waals surface area contributed by atoms with Gasteiger partial charge in [-0.05, 0) is 54.2 Å². The Bertz CT molecular complexity index is 588. The van der Waals surface area contributed by atoms with E-state index in [1.54, 1.807) is 0 Å². The van der Waals surface area contributed by atoms with Crippen LogP contribution in [0, 0.1) is 6.92 Å². The molecule has 0 radical (unpaired) electrons. The Kier molecular flexibility index (Phi) is 3.26. The lowest BCUT2D eigenvalue weighted by Crippen LogP contribution is -1.98. The molecule has 0 saturated heterocycles. The Morgan fingerprint density at radius 1 is 1.16 bits per heavy atom. The highest BCUT2D eigenvalue weighted by Crippen LogP contribution is 2.31. The van der Waals surface area contributed by atoms with E-state index in [1.807, 2.05) is 6.07 Å². The maximum absolute atomic E-state index is 5.85. The van der Waals surface area contributed by atoms with E-state index in [-0.39, 0.29) is 0 Å². The Labute approximate surface area is 114 Å². The summed E-state index contributed by atoms with van der Waals surface area (Å²) in [5.41, 5.74) is 10.6.